The second kappa shape index (κ2) is 7.24. The van der Waals surface area contributed by atoms with Crippen LogP contribution in [-0.4, -0.2) is 40.5 Å². The van der Waals surface area contributed by atoms with E-state index >= 15 is 0 Å². The minimum absolute atomic E-state index is 0.0418. The van der Waals surface area contributed by atoms with Crippen molar-refractivity contribution < 1.29 is 17.9 Å². The molecule has 118 valence electrons. The SMILES string of the molecule is COc1ccccc1CCNS(=O)(=O)C[C@@H]1OCC[C@@H]1C. The number of rotatable bonds is 7. The molecule has 21 heavy (non-hydrogen) atoms. The summed E-state index contributed by atoms with van der Waals surface area (Å²) in [4.78, 5) is 0. The first-order chi connectivity index (χ1) is 10.0. The van der Waals surface area contributed by atoms with Gasteiger partial charge in [-0.3, -0.25) is 0 Å². The van der Waals surface area contributed by atoms with Crippen LogP contribution in [0.5, 0.6) is 5.75 Å². The van der Waals surface area contributed by atoms with Crippen LogP contribution in [0.3, 0.4) is 0 Å². The van der Waals surface area contributed by atoms with E-state index in [0.717, 1.165) is 17.7 Å². The predicted octanol–water partition coefficient (Wildman–Crippen LogP) is 1.58. The second-order valence-electron chi connectivity index (χ2n) is 5.41. The van der Waals surface area contributed by atoms with E-state index in [-0.39, 0.29) is 11.9 Å². The molecule has 1 aliphatic rings. The first-order valence-corrected chi connectivity index (χ1v) is 8.88. The lowest BCUT2D eigenvalue weighted by Gasteiger charge is -2.15. The Morgan fingerprint density at radius 2 is 2.14 bits per heavy atom. The summed E-state index contributed by atoms with van der Waals surface area (Å²) in [6.07, 6.45) is 1.35. The molecule has 1 aromatic rings. The molecule has 1 aliphatic heterocycles. The third-order valence-corrected chi connectivity index (χ3v) is 5.24. The van der Waals surface area contributed by atoms with Crippen molar-refractivity contribution in [2.24, 2.45) is 5.92 Å². The van der Waals surface area contributed by atoms with Crippen LogP contribution in [0, 0.1) is 5.92 Å². The fraction of sp³-hybridized carbons (Fsp3) is 0.600. The molecule has 1 aromatic carbocycles. The quantitative estimate of drug-likeness (QED) is 0.830. The number of hydrogen-bond donors (Lipinski definition) is 1. The Labute approximate surface area is 126 Å². The van der Waals surface area contributed by atoms with Crippen molar-refractivity contribution in [2.75, 3.05) is 26.0 Å². The number of ether oxygens (including phenoxy) is 2. The lowest BCUT2D eigenvalue weighted by atomic mass is 10.1. The highest BCUT2D eigenvalue weighted by Gasteiger charge is 2.29. The second-order valence-corrected chi connectivity index (χ2v) is 7.26. The molecule has 0 saturated carbocycles. The zero-order valence-electron chi connectivity index (χ0n) is 12.5. The van der Waals surface area contributed by atoms with E-state index in [0.29, 0.717) is 25.5 Å². The maximum absolute atomic E-state index is 12.1. The monoisotopic (exact) mass is 313 g/mol. The van der Waals surface area contributed by atoms with Gasteiger partial charge in [0.05, 0.1) is 19.0 Å². The van der Waals surface area contributed by atoms with Crippen LogP contribution in [0.2, 0.25) is 0 Å². The third kappa shape index (κ3) is 4.69. The molecule has 0 bridgehead atoms. The van der Waals surface area contributed by atoms with Gasteiger partial charge in [0.25, 0.3) is 0 Å². The molecule has 0 aliphatic carbocycles. The zero-order valence-corrected chi connectivity index (χ0v) is 13.4. The largest absolute Gasteiger partial charge is 0.496 e. The minimum atomic E-state index is -3.30. The number of benzene rings is 1. The Balaban J connectivity index is 1.84. The van der Waals surface area contributed by atoms with Crippen LogP contribution in [0.25, 0.3) is 0 Å². The van der Waals surface area contributed by atoms with E-state index < -0.39 is 10.0 Å². The summed E-state index contributed by atoms with van der Waals surface area (Å²) in [5, 5.41) is 0. The molecule has 5 nitrogen and oxygen atoms in total. The fourth-order valence-electron chi connectivity index (χ4n) is 2.49. The van der Waals surface area contributed by atoms with Gasteiger partial charge in [0.2, 0.25) is 10.0 Å². The Kier molecular flexibility index (Phi) is 5.61. The molecule has 1 fully saturated rings. The van der Waals surface area contributed by atoms with Gasteiger partial charge in [0.15, 0.2) is 0 Å². The number of sulfonamides is 1. The van der Waals surface area contributed by atoms with E-state index in [9.17, 15) is 8.42 Å². The highest BCUT2D eigenvalue weighted by Crippen LogP contribution is 2.21. The van der Waals surface area contributed by atoms with Crippen LogP contribution in [0.1, 0.15) is 18.9 Å². The van der Waals surface area contributed by atoms with Crippen molar-refractivity contribution in [3.05, 3.63) is 29.8 Å². The summed E-state index contributed by atoms with van der Waals surface area (Å²) in [7, 11) is -1.69. The summed E-state index contributed by atoms with van der Waals surface area (Å²) in [5.74, 6) is 1.13. The number of para-hydroxylation sites is 1. The van der Waals surface area contributed by atoms with Crippen molar-refractivity contribution in [3.63, 3.8) is 0 Å². The van der Waals surface area contributed by atoms with Crippen molar-refractivity contribution in [3.8, 4) is 5.75 Å². The van der Waals surface area contributed by atoms with Crippen LogP contribution in [0.4, 0.5) is 0 Å². The molecule has 0 unspecified atom stereocenters. The van der Waals surface area contributed by atoms with Gasteiger partial charge in [-0.05, 0) is 30.4 Å². The number of hydrogen-bond acceptors (Lipinski definition) is 4. The molecule has 2 rings (SSSR count). The predicted molar refractivity (Wildman–Crippen MR) is 82.0 cm³/mol. The van der Waals surface area contributed by atoms with E-state index in [2.05, 4.69) is 4.72 Å². The molecule has 1 saturated heterocycles. The summed E-state index contributed by atoms with van der Waals surface area (Å²) in [6, 6.07) is 7.62. The van der Waals surface area contributed by atoms with Gasteiger partial charge >= 0.3 is 0 Å². The van der Waals surface area contributed by atoms with Crippen molar-refractivity contribution in [1.82, 2.24) is 4.72 Å². The Bertz CT molecular complexity index is 559. The average molecular weight is 313 g/mol. The molecule has 1 heterocycles. The van der Waals surface area contributed by atoms with Gasteiger partial charge in [-0.2, -0.15) is 0 Å². The molecule has 0 spiro atoms. The molecular formula is C15H23NO4S. The zero-order chi connectivity index (χ0) is 15.3. The van der Waals surface area contributed by atoms with Crippen LogP contribution in [0.15, 0.2) is 24.3 Å². The summed E-state index contributed by atoms with van der Waals surface area (Å²) in [5.41, 5.74) is 0.994. The molecule has 6 heteroatoms. The third-order valence-electron chi connectivity index (χ3n) is 3.83. The fourth-order valence-corrected chi connectivity index (χ4v) is 3.88. The summed E-state index contributed by atoms with van der Waals surface area (Å²) >= 11 is 0. The van der Waals surface area contributed by atoms with E-state index in [1.807, 2.05) is 31.2 Å². The first-order valence-electron chi connectivity index (χ1n) is 7.22. The molecule has 0 amide bonds. The van der Waals surface area contributed by atoms with Crippen LogP contribution >= 0.6 is 0 Å². The smallest absolute Gasteiger partial charge is 0.214 e. The van der Waals surface area contributed by atoms with Crippen LogP contribution < -0.4 is 9.46 Å². The van der Waals surface area contributed by atoms with Crippen molar-refractivity contribution in [2.45, 2.75) is 25.9 Å². The van der Waals surface area contributed by atoms with Crippen molar-refractivity contribution >= 4 is 10.0 Å². The molecular weight excluding hydrogens is 290 g/mol. The topological polar surface area (TPSA) is 64.6 Å². The van der Waals surface area contributed by atoms with Crippen molar-refractivity contribution in [1.29, 1.82) is 0 Å². The van der Waals surface area contributed by atoms with E-state index in [4.69, 9.17) is 9.47 Å². The van der Waals surface area contributed by atoms with Gasteiger partial charge in [-0.25, -0.2) is 13.1 Å². The lowest BCUT2D eigenvalue weighted by molar-refractivity contribution is 0.111. The highest BCUT2D eigenvalue weighted by molar-refractivity contribution is 7.89. The van der Waals surface area contributed by atoms with Crippen LogP contribution in [-0.2, 0) is 21.2 Å². The van der Waals surface area contributed by atoms with Gasteiger partial charge in [-0.15, -0.1) is 0 Å². The van der Waals surface area contributed by atoms with E-state index in [1.165, 1.54) is 0 Å². The molecule has 1 N–H and O–H groups in total. The molecule has 0 radical (unpaired) electrons. The minimum Gasteiger partial charge on any atom is -0.496 e. The number of nitrogens with one attached hydrogen (secondary N) is 1. The van der Waals surface area contributed by atoms with Gasteiger partial charge in [-0.1, -0.05) is 25.1 Å². The Hall–Kier alpha value is -1.11. The number of methoxy groups -OCH3 is 1. The Morgan fingerprint density at radius 3 is 2.81 bits per heavy atom. The maximum atomic E-state index is 12.1. The average Bonchev–Trinajstić information content (AvgIpc) is 2.84. The standard InChI is InChI=1S/C15H23NO4S/c1-12-8-10-20-15(12)11-21(17,18)16-9-7-13-5-3-4-6-14(13)19-2/h3-6,12,15-16H,7-11H2,1-2H3/t12-,15-/m0/s1. The molecule has 2 atom stereocenters. The maximum Gasteiger partial charge on any atom is 0.214 e. The lowest BCUT2D eigenvalue weighted by Crippen LogP contribution is -2.35. The van der Waals surface area contributed by atoms with Gasteiger partial charge < -0.3 is 9.47 Å². The first kappa shape index (κ1) is 16.3. The normalized spacial score (nSPS) is 22.4. The Morgan fingerprint density at radius 1 is 1.38 bits per heavy atom. The summed E-state index contributed by atoms with van der Waals surface area (Å²) < 4.78 is 37.5. The van der Waals surface area contributed by atoms with Gasteiger partial charge in [0.1, 0.15) is 5.75 Å². The summed E-state index contributed by atoms with van der Waals surface area (Å²) in [6.45, 7) is 3.05. The van der Waals surface area contributed by atoms with Gasteiger partial charge in [0, 0.05) is 13.2 Å². The molecule has 0 aromatic heterocycles. The van der Waals surface area contributed by atoms with E-state index in [1.54, 1.807) is 7.11 Å². The highest BCUT2D eigenvalue weighted by atomic mass is 32.2.